The van der Waals surface area contributed by atoms with E-state index >= 15 is 0 Å². The molecule has 1 N–H and O–H groups in total. The first-order chi connectivity index (χ1) is 12.5. The van der Waals surface area contributed by atoms with Crippen molar-refractivity contribution in [2.24, 2.45) is 0 Å². The lowest BCUT2D eigenvalue weighted by atomic mass is 9.78. The minimum atomic E-state index is -0.0283. The zero-order chi connectivity index (χ0) is 18.6. The second kappa shape index (κ2) is 8.51. The van der Waals surface area contributed by atoms with Crippen LogP contribution in [0, 0.1) is 0 Å². The summed E-state index contributed by atoms with van der Waals surface area (Å²) in [6.07, 6.45) is 5.19. The second-order valence-electron chi connectivity index (χ2n) is 8.08. The molecule has 1 heterocycles. The smallest absolute Gasteiger partial charge is 0.234 e. The van der Waals surface area contributed by atoms with Crippen LogP contribution in [0.5, 0.6) is 0 Å². The first-order valence-electron chi connectivity index (χ1n) is 9.79. The normalized spacial score (nSPS) is 28.9. The quantitative estimate of drug-likeness (QED) is 0.808. The number of likely N-dealkylation sites (N-methyl/N-ethyl adjacent to an activating group) is 1. The van der Waals surface area contributed by atoms with Crippen molar-refractivity contribution in [1.29, 1.82) is 0 Å². The van der Waals surface area contributed by atoms with Crippen molar-refractivity contribution in [2.75, 3.05) is 40.8 Å². The van der Waals surface area contributed by atoms with E-state index in [9.17, 15) is 4.79 Å². The predicted octanol–water partition coefficient (Wildman–Crippen LogP) is 1.92. The molecule has 1 amide bonds. The summed E-state index contributed by atoms with van der Waals surface area (Å²) in [7, 11) is 5.72. The highest BCUT2D eigenvalue weighted by molar-refractivity contribution is 5.78. The Morgan fingerprint density at radius 2 is 2.08 bits per heavy atom. The number of benzene rings is 1. The lowest BCUT2D eigenvalue weighted by Crippen LogP contribution is -2.55. The summed E-state index contributed by atoms with van der Waals surface area (Å²) in [6.45, 7) is 2.59. The van der Waals surface area contributed by atoms with E-state index in [0.29, 0.717) is 12.6 Å². The number of carbonyl (C=O) groups is 1. The van der Waals surface area contributed by atoms with E-state index in [-0.39, 0.29) is 17.6 Å². The predicted molar refractivity (Wildman–Crippen MR) is 104 cm³/mol. The molecule has 26 heavy (non-hydrogen) atoms. The van der Waals surface area contributed by atoms with Gasteiger partial charge in [0, 0.05) is 32.3 Å². The average Bonchev–Trinajstić information content (AvgIpc) is 2.99. The molecule has 2 fully saturated rings. The Morgan fingerprint density at radius 3 is 2.77 bits per heavy atom. The van der Waals surface area contributed by atoms with Crippen molar-refractivity contribution < 1.29 is 9.53 Å². The number of carbonyl (C=O) groups excluding carboxylic acids is 1. The second-order valence-corrected chi connectivity index (χ2v) is 8.08. The monoisotopic (exact) mass is 359 g/mol. The van der Waals surface area contributed by atoms with Gasteiger partial charge in [0.05, 0.1) is 12.1 Å². The van der Waals surface area contributed by atoms with Gasteiger partial charge < -0.3 is 15.0 Å². The van der Waals surface area contributed by atoms with Gasteiger partial charge in [-0.15, -0.1) is 0 Å². The minimum Gasteiger partial charge on any atom is -0.377 e. The molecular weight excluding hydrogens is 326 g/mol. The van der Waals surface area contributed by atoms with Gasteiger partial charge in [-0.2, -0.15) is 0 Å². The van der Waals surface area contributed by atoms with E-state index in [1.54, 1.807) is 0 Å². The molecule has 1 aromatic rings. The summed E-state index contributed by atoms with van der Waals surface area (Å²) in [5.74, 6) is 0.124. The van der Waals surface area contributed by atoms with Crippen LogP contribution in [0.4, 0.5) is 0 Å². The molecule has 1 saturated heterocycles. The fourth-order valence-corrected chi connectivity index (χ4v) is 4.67. The van der Waals surface area contributed by atoms with Crippen LogP contribution in [0.1, 0.15) is 31.2 Å². The molecular formula is C21H33N3O2. The number of nitrogens with one attached hydrogen (secondary N) is 1. The third-order valence-corrected chi connectivity index (χ3v) is 6.06. The van der Waals surface area contributed by atoms with Gasteiger partial charge in [-0.3, -0.25) is 9.69 Å². The van der Waals surface area contributed by atoms with Crippen LogP contribution in [0.15, 0.2) is 30.3 Å². The molecule has 0 bridgehead atoms. The Balaban J connectivity index is 1.61. The van der Waals surface area contributed by atoms with Gasteiger partial charge in [0.25, 0.3) is 0 Å². The van der Waals surface area contributed by atoms with Crippen LogP contribution in [-0.2, 0) is 16.0 Å². The van der Waals surface area contributed by atoms with Crippen molar-refractivity contribution in [3.05, 3.63) is 35.9 Å². The Morgan fingerprint density at radius 1 is 1.31 bits per heavy atom. The Hall–Kier alpha value is -1.43. The summed E-state index contributed by atoms with van der Waals surface area (Å²) in [5, 5.41) is 3.24. The van der Waals surface area contributed by atoms with Crippen LogP contribution in [0.3, 0.4) is 0 Å². The zero-order valence-electron chi connectivity index (χ0n) is 16.4. The number of hydrogen-bond donors (Lipinski definition) is 1. The molecule has 144 valence electrons. The van der Waals surface area contributed by atoms with Gasteiger partial charge in [-0.05, 0) is 51.8 Å². The lowest BCUT2D eigenvalue weighted by Gasteiger charge is -2.44. The average molecular weight is 360 g/mol. The van der Waals surface area contributed by atoms with E-state index in [2.05, 4.69) is 40.5 Å². The number of methoxy groups -OCH3 is 1. The first kappa shape index (κ1) is 19.3. The maximum atomic E-state index is 12.2. The van der Waals surface area contributed by atoms with E-state index in [1.165, 1.54) is 5.56 Å². The number of ether oxygens (including phenoxy) is 1. The van der Waals surface area contributed by atoms with Crippen molar-refractivity contribution in [1.82, 2.24) is 15.1 Å². The molecule has 2 aliphatic rings. The van der Waals surface area contributed by atoms with Gasteiger partial charge in [-0.25, -0.2) is 0 Å². The number of nitrogens with zero attached hydrogens (tertiary/aromatic N) is 2. The van der Waals surface area contributed by atoms with Gasteiger partial charge in [0.2, 0.25) is 5.91 Å². The summed E-state index contributed by atoms with van der Waals surface area (Å²) >= 11 is 0. The number of amides is 1. The van der Waals surface area contributed by atoms with E-state index < -0.39 is 0 Å². The highest BCUT2D eigenvalue weighted by atomic mass is 16.5. The third kappa shape index (κ3) is 4.45. The Labute approximate surface area is 157 Å². The molecule has 0 aromatic heterocycles. The van der Waals surface area contributed by atoms with Crippen LogP contribution in [0.2, 0.25) is 0 Å². The molecule has 0 radical (unpaired) electrons. The standard InChI is InChI=1S/C21H33N3O2/c1-23(2)16-20(25)22-18-9-11-21(26-3)12-14-24(19(21)15-18)13-10-17-7-5-4-6-8-17/h4-8,18-19H,9-16H2,1-3H3,(H,22,25)/t18-,19+,21-/m1/s1. The van der Waals surface area contributed by atoms with Gasteiger partial charge in [0.1, 0.15) is 0 Å². The first-order valence-corrected chi connectivity index (χ1v) is 9.79. The SMILES string of the molecule is CO[C@@]12CC[C@@H](NC(=O)CN(C)C)C[C@@H]1N(CCc1ccccc1)CC2. The van der Waals surface area contributed by atoms with Gasteiger partial charge in [-0.1, -0.05) is 30.3 Å². The number of rotatable bonds is 7. The van der Waals surface area contributed by atoms with Crippen molar-refractivity contribution in [3.63, 3.8) is 0 Å². The van der Waals surface area contributed by atoms with Crippen LogP contribution >= 0.6 is 0 Å². The highest BCUT2D eigenvalue weighted by Crippen LogP contribution is 2.42. The summed E-state index contributed by atoms with van der Waals surface area (Å²) in [6, 6.07) is 11.3. The summed E-state index contributed by atoms with van der Waals surface area (Å²) in [4.78, 5) is 16.7. The molecule has 3 atom stereocenters. The Bertz CT molecular complexity index is 592. The minimum absolute atomic E-state index is 0.0283. The molecule has 5 nitrogen and oxygen atoms in total. The van der Waals surface area contributed by atoms with E-state index in [4.69, 9.17) is 4.74 Å². The molecule has 1 saturated carbocycles. The third-order valence-electron chi connectivity index (χ3n) is 6.06. The van der Waals surface area contributed by atoms with Crippen molar-refractivity contribution >= 4 is 5.91 Å². The Kier molecular flexibility index (Phi) is 6.33. The van der Waals surface area contributed by atoms with E-state index in [0.717, 1.165) is 45.2 Å². The van der Waals surface area contributed by atoms with Crippen LogP contribution in [0.25, 0.3) is 0 Å². The number of likely N-dealkylation sites (tertiary alicyclic amines) is 1. The lowest BCUT2D eigenvalue weighted by molar-refractivity contribution is -0.124. The summed E-state index contributed by atoms with van der Waals surface area (Å²) < 4.78 is 6.04. The zero-order valence-corrected chi connectivity index (χ0v) is 16.4. The fourth-order valence-electron chi connectivity index (χ4n) is 4.67. The molecule has 0 spiro atoms. The highest BCUT2D eigenvalue weighted by Gasteiger charge is 2.50. The number of hydrogen-bond acceptors (Lipinski definition) is 4. The molecule has 1 aliphatic heterocycles. The van der Waals surface area contributed by atoms with Crippen LogP contribution in [-0.4, -0.2) is 74.2 Å². The van der Waals surface area contributed by atoms with Crippen molar-refractivity contribution in [3.8, 4) is 0 Å². The summed E-state index contributed by atoms with van der Waals surface area (Å²) in [5.41, 5.74) is 1.36. The van der Waals surface area contributed by atoms with Gasteiger partial charge in [0.15, 0.2) is 0 Å². The topological polar surface area (TPSA) is 44.8 Å². The van der Waals surface area contributed by atoms with Gasteiger partial charge >= 0.3 is 0 Å². The number of fused-ring (bicyclic) bond motifs is 1. The molecule has 0 unspecified atom stereocenters. The molecule has 1 aliphatic carbocycles. The molecule has 1 aromatic carbocycles. The fraction of sp³-hybridized carbons (Fsp3) is 0.667. The molecule has 5 heteroatoms. The largest absolute Gasteiger partial charge is 0.377 e. The molecule has 3 rings (SSSR count). The van der Waals surface area contributed by atoms with Crippen molar-refractivity contribution in [2.45, 2.75) is 49.8 Å². The van der Waals surface area contributed by atoms with E-state index in [1.807, 2.05) is 26.1 Å². The maximum absolute atomic E-state index is 12.2. The van der Waals surface area contributed by atoms with Crippen LogP contribution < -0.4 is 5.32 Å². The maximum Gasteiger partial charge on any atom is 0.234 e.